The first-order chi connectivity index (χ1) is 11.6. The highest BCUT2D eigenvalue weighted by molar-refractivity contribution is 6.06. The van der Waals surface area contributed by atoms with Crippen molar-refractivity contribution in [1.82, 2.24) is 15.5 Å². The van der Waals surface area contributed by atoms with Crippen LogP contribution in [0.2, 0.25) is 0 Å². The molecule has 1 saturated carbocycles. The number of amides is 1. The lowest BCUT2D eigenvalue weighted by Crippen LogP contribution is -2.24. The summed E-state index contributed by atoms with van der Waals surface area (Å²) < 4.78 is 9.74. The molecule has 0 aromatic carbocycles. The number of hydrogen-bond acceptors (Lipinski definition) is 6. The van der Waals surface area contributed by atoms with Crippen molar-refractivity contribution >= 4 is 23.0 Å². The number of esters is 1. The van der Waals surface area contributed by atoms with Crippen LogP contribution >= 0.6 is 0 Å². The quantitative estimate of drug-likeness (QED) is 0.496. The molecule has 0 atom stereocenters. The molecular formula is C17H19N3O4. The van der Waals surface area contributed by atoms with Gasteiger partial charge in [-0.2, -0.15) is 0 Å². The van der Waals surface area contributed by atoms with Gasteiger partial charge in [-0.25, -0.2) is 9.78 Å². The first-order valence-electron chi connectivity index (χ1n) is 7.89. The lowest BCUT2D eigenvalue weighted by Gasteiger charge is -2.07. The highest BCUT2D eigenvalue weighted by atomic mass is 16.5. The third-order valence-corrected chi connectivity index (χ3v) is 3.93. The van der Waals surface area contributed by atoms with Crippen LogP contribution in [0.25, 0.3) is 11.1 Å². The summed E-state index contributed by atoms with van der Waals surface area (Å²) >= 11 is 0. The number of nitrogens with one attached hydrogen (secondary N) is 1. The second-order valence-corrected chi connectivity index (χ2v) is 5.79. The maximum absolute atomic E-state index is 12.5. The Morgan fingerprint density at radius 3 is 2.96 bits per heavy atom. The molecule has 2 aromatic rings. The second-order valence-electron chi connectivity index (χ2n) is 5.79. The number of ether oxygens (including phenoxy) is 1. The Morgan fingerprint density at radius 1 is 1.46 bits per heavy atom. The summed E-state index contributed by atoms with van der Waals surface area (Å²) in [5, 5.41) is 7.42. The topological polar surface area (TPSA) is 94.3 Å². The Balaban J connectivity index is 1.73. The van der Waals surface area contributed by atoms with E-state index in [1.165, 1.54) is 13.2 Å². The molecule has 24 heavy (non-hydrogen) atoms. The molecule has 3 rings (SSSR count). The summed E-state index contributed by atoms with van der Waals surface area (Å²) in [6.07, 6.45) is 5.71. The van der Waals surface area contributed by atoms with Gasteiger partial charge in [-0.3, -0.25) is 4.79 Å². The average Bonchev–Trinajstić information content (AvgIpc) is 3.37. The minimum Gasteiger partial charge on any atom is -0.466 e. The van der Waals surface area contributed by atoms with Crippen LogP contribution in [0.5, 0.6) is 0 Å². The summed E-state index contributed by atoms with van der Waals surface area (Å²) in [5.74, 6) is -0.192. The number of methoxy groups -OCH3 is 1. The van der Waals surface area contributed by atoms with Crippen LogP contribution in [0, 0.1) is 6.92 Å². The van der Waals surface area contributed by atoms with Crippen molar-refractivity contribution in [3.05, 3.63) is 35.2 Å². The molecule has 0 radical (unpaired) electrons. The molecule has 0 bridgehead atoms. The largest absolute Gasteiger partial charge is 0.466 e. The number of carbonyl (C=O) groups excluding carboxylic acids is 2. The van der Waals surface area contributed by atoms with Crippen molar-refractivity contribution in [2.24, 2.45) is 0 Å². The van der Waals surface area contributed by atoms with Gasteiger partial charge >= 0.3 is 5.97 Å². The van der Waals surface area contributed by atoms with Crippen LogP contribution in [0.1, 0.15) is 46.9 Å². The van der Waals surface area contributed by atoms with E-state index in [0.717, 1.165) is 18.5 Å². The van der Waals surface area contributed by atoms with Crippen molar-refractivity contribution in [3.8, 4) is 0 Å². The maximum atomic E-state index is 12.5. The fourth-order valence-electron chi connectivity index (χ4n) is 2.49. The number of carbonyl (C=O) groups is 2. The number of pyridine rings is 1. The third kappa shape index (κ3) is 3.45. The average molecular weight is 329 g/mol. The van der Waals surface area contributed by atoms with E-state index in [-0.39, 0.29) is 5.91 Å². The standard InChI is InChI=1S/C17H19N3O4/c1-10-15-12(16(22)18-8-4-3-5-14(21)23-2)9-13(11-6-7-11)19-17(15)24-20-10/h3,5,9,11H,4,6-8H2,1-2H3,(H,18,22)/b5-3+. The number of nitrogens with zero attached hydrogens (tertiary/aromatic N) is 2. The first kappa shape index (κ1) is 16.2. The van der Waals surface area contributed by atoms with E-state index in [9.17, 15) is 9.59 Å². The predicted octanol–water partition coefficient (Wildman–Crippen LogP) is 2.26. The summed E-state index contributed by atoms with van der Waals surface area (Å²) in [7, 11) is 1.32. The summed E-state index contributed by atoms with van der Waals surface area (Å²) in [4.78, 5) is 28.0. The zero-order chi connectivity index (χ0) is 17.1. The lowest BCUT2D eigenvalue weighted by atomic mass is 10.1. The normalized spacial score (nSPS) is 14.2. The number of rotatable bonds is 6. The van der Waals surface area contributed by atoms with Gasteiger partial charge in [0.2, 0.25) is 0 Å². The molecule has 0 unspecified atom stereocenters. The molecule has 1 fully saturated rings. The Hall–Kier alpha value is -2.70. The highest BCUT2D eigenvalue weighted by Gasteiger charge is 2.28. The summed E-state index contributed by atoms with van der Waals surface area (Å²) in [6, 6.07) is 1.84. The fourth-order valence-corrected chi connectivity index (χ4v) is 2.49. The monoisotopic (exact) mass is 329 g/mol. The van der Waals surface area contributed by atoms with Crippen LogP contribution in [0.4, 0.5) is 0 Å². The van der Waals surface area contributed by atoms with E-state index in [1.54, 1.807) is 13.0 Å². The van der Waals surface area contributed by atoms with E-state index < -0.39 is 5.97 Å². The van der Waals surface area contributed by atoms with Gasteiger partial charge < -0.3 is 14.6 Å². The maximum Gasteiger partial charge on any atom is 0.330 e. The molecule has 0 aliphatic heterocycles. The van der Waals surface area contributed by atoms with Gasteiger partial charge in [0.1, 0.15) is 0 Å². The molecule has 7 nitrogen and oxygen atoms in total. The summed E-state index contributed by atoms with van der Waals surface area (Å²) in [6.45, 7) is 2.21. The van der Waals surface area contributed by atoms with E-state index >= 15 is 0 Å². The minimum atomic E-state index is -0.411. The molecule has 1 aliphatic rings. The van der Waals surface area contributed by atoms with Crippen LogP contribution in [-0.4, -0.2) is 35.7 Å². The molecule has 7 heteroatoms. The Labute approximate surface area is 139 Å². The lowest BCUT2D eigenvalue weighted by molar-refractivity contribution is -0.134. The molecule has 0 spiro atoms. The predicted molar refractivity (Wildman–Crippen MR) is 86.6 cm³/mol. The van der Waals surface area contributed by atoms with E-state index in [0.29, 0.717) is 41.2 Å². The minimum absolute atomic E-state index is 0.193. The Morgan fingerprint density at radius 2 is 2.25 bits per heavy atom. The van der Waals surface area contributed by atoms with Gasteiger partial charge in [0.05, 0.1) is 23.8 Å². The Kier molecular flexibility index (Phi) is 4.59. The smallest absolute Gasteiger partial charge is 0.330 e. The van der Waals surface area contributed by atoms with Crippen LogP contribution < -0.4 is 5.32 Å². The highest BCUT2D eigenvalue weighted by Crippen LogP contribution is 2.40. The number of hydrogen-bond donors (Lipinski definition) is 1. The van der Waals surface area contributed by atoms with Crippen molar-refractivity contribution in [3.63, 3.8) is 0 Å². The van der Waals surface area contributed by atoms with E-state index in [2.05, 4.69) is 20.2 Å². The van der Waals surface area contributed by atoms with Gasteiger partial charge in [0.15, 0.2) is 0 Å². The zero-order valence-electron chi connectivity index (χ0n) is 13.7. The SMILES string of the molecule is COC(=O)/C=C/CCNC(=O)c1cc(C2CC2)nc2onc(C)c12. The van der Waals surface area contributed by atoms with Crippen LogP contribution in [0.3, 0.4) is 0 Å². The molecule has 2 aromatic heterocycles. The number of aromatic nitrogens is 2. The van der Waals surface area contributed by atoms with Gasteiger partial charge in [0, 0.05) is 24.2 Å². The first-order valence-corrected chi connectivity index (χ1v) is 7.89. The van der Waals surface area contributed by atoms with Crippen molar-refractivity contribution < 1.29 is 18.8 Å². The van der Waals surface area contributed by atoms with E-state index in [4.69, 9.17) is 4.52 Å². The molecule has 1 N–H and O–H groups in total. The molecule has 1 amide bonds. The second kappa shape index (κ2) is 6.82. The molecule has 0 saturated heterocycles. The van der Waals surface area contributed by atoms with Gasteiger partial charge in [-0.1, -0.05) is 11.2 Å². The summed E-state index contributed by atoms with van der Waals surface area (Å²) in [5.41, 5.74) is 2.48. The van der Waals surface area contributed by atoms with Crippen molar-refractivity contribution in [1.29, 1.82) is 0 Å². The molecule has 126 valence electrons. The molecular weight excluding hydrogens is 310 g/mol. The Bertz CT molecular complexity index is 806. The molecule has 1 aliphatic carbocycles. The van der Waals surface area contributed by atoms with Gasteiger partial charge in [0.25, 0.3) is 11.6 Å². The number of fused-ring (bicyclic) bond motifs is 1. The fraction of sp³-hybridized carbons (Fsp3) is 0.412. The number of aryl methyl sites for hydroxylation is 1. The van der Waals surface area contributed by atoms with Gasteiger partial charge in [-0.15, -0.1) is 0 Å². The molecule has 2 heterocycles. The van der Waals surface area contributed by atoms with E-state index in [1.807, 2.05) is 6.07 Å². The van der Waals surface area contributed by atoms with Crippen molar-refractivity contribution in [2.45, 2.75) is 32.1 Å². The van der Waals surface area contributed by atoms with Crippen molar-refractivity contribution in [2.75, 3.05) is 13.7 Å². The van der Waals surface area contributed by atoms with Crippen LogP contribution in [0.15, 0.2) is 22.7 Å². The van der Waals surface area contributed by atoms with Crippen LogP contribution in [-0.2, 0) is 9.53 Å². The zero-order valence-corrected chi connectivity index (χ0v) is 13.7. The third-order valence-electron chi connectivity index (χ3n) is 3.93. The van der Waals surface area contributed by atoms with Gasteiger partial charge in [-0.05, 0) is 32.3 Å².